The fourth-order valence-corrected chi connectivity index (χ4v) is 1.85. The van der Waals surface area contributed by atoms with Crippen molar-refractivity contribution in [1.29, 1.82) is 0 Å². The van der Waals surface area contributed by atoms with Gasteiger partial charge in [0.2, 0.25) is 0 Å². The van der Waals surface area contributed by atoms with Crippen LogP contribution in [0, 0.1) is 0 Å². The maximum absolute atomic E-state index is 9.41. The minimum Gasteiger partial charge on any atom is -0.508 e. The molecule has 0 amide bonds. The lowest BCUT2D eigenvalue weighted by Crippen LogP contribution is -1.96. The SMILES string of the molecule is NCc1ccc(-c2cc3cc(O)ccc3o2)nc1. The summed E-state index contributed by atoms with van der Waals surface area (Å²) in [7, 11) is 0. The van der Waals surface area contributed by atoms with E-state index in [1.807, 2.05) is 18.2 Å². The predicted molar refractivity (Wildman–Crippen MR) is 69.0 cm³/mol. The first-order valence-corrected chi connectivity index (χ1v) is 5.64. The minimum atomic E-state index is 0.223. The summed E-state index contributed by atoms with van der Waals surface area (Å²) in [5.74, 6) is 0.903. The number of nitrogens with two attached hydrogens (primary N) is 1. The van der Waals surface area contributed by atoms with Crippen LogP contribution in [0.3, 0.4) is 0 Å². The van der Waals surface area contributed by atoms with E-state index in [2.05, 4.69) is 4.98 Å². The minimum absolute atomic E-state index is 0.223. The quantitative estimate of drug-likeness (QED) is 0.722. The van der Waals surface area contributed by atoms with E-state index in [0.717, 1.165) is 22.2 Å². The maximum Gasteiger partial charge on any atom is 0.153 e. The van der Waals surface area contributed by atoms with Crippen molar-refractivity contribution in [2.75, 3.05) is 0 Å². The third kappa shape index (κ3) is 1.83. The smallest absolute Gasteiger partial charge is 0.153 e. The van der Waals surface area contributed by atoms with Crippen LogP contribution in [-0.2, 0) is 6.54 Å². The third-order valence-electron chi connectivity index (χ3n) is 2.81. The van der Waals surface area contributed by atoms with Gasteiger partial charge in [-0.1, -0.05) is 6.07 Å². The average molecular weight is 240 g/mol. The number of rotatable bonds is 2. The Kier molecular flexibility index (Phi) is 2.50. The second kappa shape index (κ2) is 4.16. The fourth-order valence-electron chi connectivity index (χ4n) is 1.85. The van der Waals surface area contributed by atoms with Crippen molar-refractivity contribution in [2.24, 2.45) is 5.73 Å². The van der Waals surface area contributed by atoms with Gasteiger partial charge in [0.1, 0.15) is 17.0 Å². The normalized spacial score (nSPS) is 10.9. The molecule has 90 valence electrons. The topological polar surface area (TPSA) is 72.3 Å². The van der Waals surface area contributed by atoms with Crippen molar-refractivity contribution in [3.05, 3.63) is 48.2 Å². The highest BCUT2D eigenvalue weighted by molar-refractivity contribution is 5.83. The molecule has 4 heteroatoms. The van der Waals surface area contributed by atoms with Gasteiger partial charge in [0.25, 0.3) is 0 Å². The molecule has 3 aromatic rings. The average Bonchev–Trinajstić information content (AvgIpc) is 2.81. The van der Waals surface area contributed by atoms with Crippen LogP contribution < -0.4 is 5.73 Å². The summed E-state index contributed by atoms with van der Waals surface area (Å²) in [5, 5.41) is 10.3. The first kappa shape index (κ1) is 10.8. The van der Waals surface area contributed by atoms with Gasteiger partial charge in [-0.2, -0.15) is 0 Å². The summed E-state index contributed by atoms with van der Waals surface area (Å²) in [6.07, 6.45) is 1.74. The first-order chi connectivity index (χ1) is 8.76. The Balaban J connectivity index is 2.07. The highest BCUT2D eigenvalue weighted by Crippen LogP contribution is 2.28. The molecule has 0 fully saturated rings. The molecule has 1 aromatic carbocycles. The summed E-state index contributed by atoms with van der Waals surface area (Å²) in [5.41, 5.74) is 7.99. The summed E-state index contributed by atoms with van der Waals surface area (Å²) in [6, 6.07) is 10.7. The number of furan rings is 1. The Labute approximate surface area is 104 Å². The van der Waals surface area contributed by atoms with E-state index in [1.165, 1.54) is 0 Å². The molecule has 0 aliphatic rings. The number of phenolic OH excluding ortho intramolecular Hbond substituents is 1. The molecule has 18 heavy (non-hydrogen) atoms. The third-order valence-corrected chi connectivity index (χ3v) is 2.81. The number of fused-ring (bicyclic) bond motifs is 1. The van der Waals surface area contributed by atoms with Crippen molar-refractivity contribution in [3.8, 4) is 17.2 Å². The zero-order chi connectivity index (χ0) is 12.5. The Morgan fingerprint density at radius 2 is 2.06 bits per heavy atom. The Bertz CT molecular complexity index is 687. The van der Waals surface area contributed by atoms with Gasteiger partial charge in [-0.05, 0) is 35.9 Å². The van der Waals surface area contributed by atoms with Crippen molar-refractivity contribution >= 4 is 11.0 Å². The van der Waals surface area contributed by atoms with Crippen molar-refractivity contribution in [1.82, 2.24) is 4.98 Å². The molecular formula is C14H12N2O2. The van der Waals surface area contributed by atoms with Gasteiger partial charge >= 0.3 is 0 Å². The molecule has 0 atom stereocenters. The van der Waals surface area contributed by atoms with Gasteiger partial charge in [-0.25, -0.2) is 0 Å². The van der Waals surface area contributed by atoms with Crippen LogP contribution in [0.25, 0.3) is 22.4 Å². The number of aromatic hydroxyl groups is 1. The molecule has 2 heterocycles. The molecule has 3 rings (SSSR count). The van der Waals surface area contributed by atoms with Gasteiger partial charge < -0.3 is 15.3 Å². The maximum atomic E-state index is 9.41. The lowest BCUT2D eigenvalue weighted by molar-refractivity contribution is 0.476. The van der Waals surface area contributed by atoms with Gasteiger partial charge in [0.05, 0.1) is 0 Å². The van der Waals surface area contributed by atoms with E-state index in [9.17, 15) is 5.11 Å². The molecular weight excluding hydrogens is 228 g/mol. The lowest BCUT2D eigenvalue weighted by Gasteiger charge is -1.97. The van der Waals surface area contributed by atoms with Crippen molar-refractivity contribution in [2.45, 2.75) is 6.54 Å². The van der Waals surface area contributed by atoms with E-state index in [4.69, 9.17) is 10.2 Å². The van der Waals surface area contributed by atoms with Crippen LogP contribution >= 0.6 is 0 Å². The van der Waals surface area contributed by atoms with Crippen molar-refractivity contribution < 1.29 is 9.52 Å². The number of aromatic nitrogens is 1. The molecule has 0 unspecified atom stereocenters. The molecule has 0 saturated heterocycles. The second-order valence-corrected chi connectivity index (χ2v) is 4.09. The first-order valence-electron chi connectivity index (χ1n) is 5.64. The standard InChI is InChI=1S/C14H12N2O2/c15-7-9-1-3-12(16-8-9)14-6-10-5-11(17)2-4-13(10)18-14/h1-6,8,17H,7,15H2. The predicted octanol–water partition coefficient (Wildman–Crippen LogP) is 2.66. The number of hydrogen-bond donors (Lipinski definition) is 2. The van der Waals surface area contributed by atoms with Gasteiger partial charge in [0.15, 0.2) is 5.76 Å². The van der Waals surface area contributed by atoms with E-state index in [1.54, 1.807) is 24.4 Å². The van der Waals surface area contributed by atoms with Crippen molar-refractivity contribution in [3.63, 3.8) is 0 Å². The summed E-state index contributed by atoms with van der Waals surface area (Å²) in [4.78, 5) is 4.30. The van der Waals surface area contributed by atoms with Crippen LogP contribution in [-0.4, -0.2) is 10.1 Å². The molecule has 0 saturated carbocycles. The Morgan fingerprint density at radius 1 is 1.17 bits per heavy atom. The summed E-state index contributed by atoms with van der Waals surface area (Å²) in [6.45, 7) is 0.473. The van der Waals surface area contributed by atoms with E-state index in [-0.39, 0.29) is 5.75 Å². The van der Waals surface area contributed by atoms with Crippen LogP contribution in [0.4, 0.5) is 0 Å². The molecule has 0 aliphatic carbocycles. The van der Waals surface area contributed by atoms with Gasteiger partial charge in [-0.15, -0.1) is 0 Å². The number of benzene rings is 1. The lowest BCUT2D eigenvalue weighted by atomic mass is 10.2. The zero-order valence-corrected chi connectivity index (χ0v) is 9.63. The molecule has 0 spiro atoms. The highest BCUT2D eigenvalue weighted by atomic mass is 16.3. The number of pyridine rings is 1. The van der Waals surface area contributed by atoms with Crippen LogP contribution in [0.15, 0.2) is 47.0 Å². The molecule has 0 bridgehead atoms. The Hall–Kier alpha value is -2.33. The number of nitrogens with zero attached hydrogens (tertiary/aromatic N) is 1. The van der Waals surface area contributed by atoms with E-state index in [0.29, 0.717) is 12.3 Å². The summed E-state index contributed by atoms with van der Waals surface area (Å²) < 4.78 is 5.68. The summed E-state index contributed by atoms with van der Waals surface area (Å²) >= 11 is 0. The molecule has 4 nitrogen and oxygen atoms in total. The molecule has 0 aliphatic heterocycles. The fraction of sp³-hybridized carbons (Fsp3) is 0.0714. The second-order valence-electron chi connectivity index (χ2n) is 4.09. The van der Waals surface area contributed by atoms with Gasteiger partial charge in [0, 0.05) is 18.1 Å². The highest BCUT2D eigenvalue weighted by Gasteiger charge is 2.07. The van der Waals surface area contributed by atoms with E-state index < -0.39 is 0 Å². The van der Waals surface area contributed by atoms with Gasteiger partial charge in [-0.3, -0.25) is 4.98 Å². The zero-order valence-electron chi connectivity index (χ0n) is 9.63. The van der Waals surface area contributed by atoms with Crippen LogP contribution in [0.5, 0.6) is 5.75 Å². The largest absolute Gasteiger partial charge is 0.508 e. The van der Waals surface area contributed by atoms with Crippen LogP contribution in [0.2, 0.25) is 0 Å². The van der Waals surface area contributed by atoms with Crippen LogP contribution in [0.1, 0.15) is 5.56 Å². The molecule has 2 aromatic heterocycles. The number of hydrogen-bond acceptors (Lipinski definition) is 4. The monoisotopic (exact) mass is 240 g/mol. The van der Waals surface area contributed by atoms with E-state index >= 15 is 0 Å². The Morgan fingerprint density at radius 3 is 2.78 bits per heavy atom. The molecule has 3 N–H and O–H groups in total. The number of phenols is 1. The molecule has 0 radical (unpaired) electrons.